The van der Waals surface area contributed by atoms with E-state index in [0.29, 0.717) is 5.92 Å². The van der Waals surface area contributed by atoms with E-state index in [1.807, 2.05) is 12.4 Å². The Kier molecular flexibility index (Phi) is 4.56. The number of hydrogen-bond donors (Lipinski definition) is 1. The Bertz CT molecular complexity index is 281. The van der Waals surface area contributed by atoms with Gasteiger partial charge in [0.15, 0.2) is 0 Å². The molecule has 2 rings (SSSR count). The first-order chi connectivity index (χ1) is 6.45. The second-order valence-electron chi connectivity index (χ2n) is 3.28. The summed E-state index contributed by atoms with van der Waals surface area (Å²) in [6.07, 6.45) is 10.8. The maximum absolute atomic E-state index is 3.95. The molecule has 1 N–H and O–H groups in total. The Morgan fingerprint density at radius 3 is 2.79 bits per heavy atom. The highest BCUT2D eigenvalue weighted by Crippen LogP contribution is 2.10. The van der Waals surface area contributed by atoms with Crippen LogP contribution in [0.5, 0.6) is 0 Å². The Morgan fingerprint density at radius 2 is 2.14 bits per heavy atom. The predicted molar refractivity (Wildman–Crippen MR) is 59.3 cm³/mol. The van der Waals surface area contributed by atoms with Crippen LogP contribution < -0.4 is 5.32 Å². The highest BCUT2D eigenvalue weighted by atomic mass is 35.5. The highest BCUT2D eigenvalue weighted by Gasteiger charge is 2.09. The van der Waals surface area contributed by atoms with Crippen molar-refractivity contribution >= 4 is 18.5 Å². The summed E-state index contributed by atoms with van der Waals surface area (Å²) in [6.45, 7) is 2.24. The molecule has 1 aromatic rings. The summed E-state index contributed by atoms with van der Waals surface area (Å²) >= 11 is 0. The van der Waals surface area contributed by atoms with Gasteiger partial charge in [0.25, 0.3) is 0 Å². The fraction of sp³-hybridized carbons (Fsp3) is 0.400. The van der Waals surface area contributed by atoms with E-state index in [1.165, 1.54) is 6.42 Å². The van der Waals surface area contributed by atoms with Crippen LogP contribution in [0, 0.1) is 5.92 Å². The third-order valence-corrected chi connectivity index (χ3v) is 2.24. The van der Waals surface area contributed by atoms with E-state index in [1.54, 1.807) is 6.33 Å². The van der Waals surface area contributed by atoms with E-state index in [-0.39, 0.29) is 12.4 Å². The van der Waals surface area contributed by atoms with Gasteiger partial charge in [-0.3, -0.25) is 0 Å². The lowest BCUT2D eigenvalue weighted by Crippen LogP contribution is -2.07. The number of nitrogens with one attached hydrogen (secondary N) is 1. The first-order valence-corrected chi connectivity index (χ1v) is 4.59. The minimum atomic E-state index is 0. The molecule has 1 saturated heterocycles. The molecule has 1 aromatic heterocycles. The molecule has 0 aromatic carbocycles. The molecule has 0 radical (unpaired) electrons. The largest absolute Gasteiger partial charge is 0.316 e. The summed E-state index contributed by atoms with van der Waals surface area (Å²) < 4.78 is 0. The second-order valence-corrected chi connectivity index (χ2v) is 3.28. The van der Waals surface area contributed by atoms with Crippen LogP contribution in [0.2, 0.25) is 0 Å². The van der Waals surface area contributed by atoms with Crippen molar-refractivity contribution in [1.82, 2.24) is 15.3 Å². The van der Waals surface area contributed by atoms with Crippen molar-refractivity contribution in [2.75, 3.05) is 13.1 Å². The lowest BCUT2D eigenvalue weighted by atomic mass is 10.1. The monoisotopic (exact) mass is 211 g/mol. The van der Waals surface area contributed by atoms with Crippen LogP contribution in [0.25, 0.3) is 6.08 Å². The molecule has 1 atom stereocenters. The van der Waals surface area contributed by atoms with Gasteiger partial charge in [0, 0.05) is 24.5 Å². The molecule has 0 bridgehead atoms. The molecule has 1 aliphatic heterocycles. The Hall–Kier alpha value is -0.930. The minimum absolute atomic E-state index is 0. The highest BCUT2D eigenvalue weighted by molar-refractivity contribution is 5.85. The van der Waals surface area contributed by atoms with E-state index < -0.39 is 0 Å². The first-order valence-electron chi connectivity index (χ1n) is 4.59. The zero-order valence-electron chi connectivity index (χ0n) is 7.89. The van der Waals surface area contributed by atoms with Crippen molar-refractivity contribution in [3.63, 3.8) is 0 Å². The van der Waals surface area contributed by atoms with Gasteiger partial charge in [0.05, 0.1) is 0 Å². The lowest BCUT2D eigenvalue weighted by Gasteiger charge is -1.98. The molecule has 0 aliphatic carbocycles. The summed E-state index contributed by atoms with van der Waals surface area (Å²) in [4.78, 5) is 7.90. The van der Waals surface area contributed by atoms with Crippen molar-refractivity contribution in [2.45, 2.75) is 6.42 Å². The summed E-state index contributed by atoms with van der Waals surface area (Å²) in [5, 5.41) is 3.33. The fourth-order valence-corrected chi connectivity index (χ4v) is 1.49. The summed E-state index contributed by atoms with van der Waals surface area (Å²) in [5.41, 5.74) is 1.08. The summed E-state index contributed by atoms with van der Waals surface area (Å²) in [5.74, 6) is 0.681. The van der Waals surface area contributed by atoms with E-state index in [0.717, 1.165) is 18.7 Å². The van der Waals surface area contributed by atoms with Crippen molar-refractivity contribution in [3.05, 3.63) is 30.4 Å². The van der Waals surface area contributed by atoms with Gasteiger partial charge in [0.2, 0.25) is 0 Å². The summed E-state index contributed by atoms with van der Waals surface area (Å²) in [6, 6.07) is 0. The van der Waals surface area contributed by atoms with Crippen LogP contribution >= 0.6 is 12.4 Å². The Morgan fingerprint density at radius 1 is 1.36 bits per heavy atom. The molecule has 1 fully saturated rings. The molecule has 4 heteroatoms. The first kappa shape index (κ1) is 11.1. The topological polar surface area (TPSA) is 37.8 Å². The third kappa shape index (κ3) is 3.09. The van der Waals surface area contributed by atoms with E-state index in [4.69, 9.17) is 0 Å². The number of rotatable bonds is 2. The SMILES string of the molecule is C(=C\C1CCNC1)/c1cncnc1.Cl. The molecular formula is C10H14ClN3. The zero-order chi connectivity index (χ0) is 8.93. The standard InChI is InChI=1S/C10H13N3.ClH/c1(9-3-4-11-5-9)2-10-6-12-8-13-7-10;/h1-2,6-9,11H,3-5H2;1H/b2-1+;. The van der Waals surface area contributed by atoms with Gasteiger partial charge in [-0.1, -0.05) is 12.2 Å². The zero-order valence-corrected chi connectivity index (χ0v) is 8.70. The van der Waals surface area contributed by atoms with Crippen molar-refractivity contribution in [1.29, 1.82) is 0 Å². The molecule has 0 saturated carbocycles. The van der Waals surface area contributed by atoms with Gasteiger partial charge in [-0.2, -0.15) is 0 Å². The molecule has 2 heterocycles. The van der Waals surface area contributed by atoms with Crippen molar-refractivity contribution < 1.29 is 0 Å². The van der Waals surface area contributed by atoms with Gasteiger partial charge in [-0.05, 0) is 18.9 Å². The minimum Gasteiger partial charge on any atom is -0.316 e. The molecule has 1 unspecified atom stereocenters. The van der Waals surface area contributed by atoms with E-state index in [2.05, 4.69) is 27.4 Å². The molecular weight excluding hydrogens is 198 g/mol. The van der Waals surface area contributed by atoms with E-state index in [9.17, 15) is 0 Å². The number of halogens is 1. The maximum Gasteiger partial charge on any atom is 0.115 e. The number of aromatic nitrogens is 2. The third-order valence-electron chi connectivity index (χ3n) is 2.24. The van der Waals surface area contributed by atoms with Crippen LogP contribution in [0.1, 0.15) is 12.0 Å². The van der Waals surface area contributed by atoms with Crippen LogP contribution in [-0.2, 0) is 0 Å². The van der Waals surface area contributed by atoms with Crippen LogP contribution in [0.15, 0.2) is 24.8 Å². The predicted octanol–water partition coefficient (Wildman–Crippen LogP) is 1.52. The molecule has 3 nitrogen and oxygen atoms in total. The van der Waals surface area contributed by atoms with Crippen LogP contribution in [0.3, 0.4) is 0 Å². The molecule has 1 aliphatic rings. The van der Waals surface area contributed by atoms with Gasteiger partial charge < -0.3 is 5.32 Å². The molecule has 0 spiro atoms. The molecule has 0 amide bonds. The van der Waals surface area contributed by atoms with Crippen LogP contribution in [0.4, 0.5) is 0 Å². The van der Waals surface area contributed by atoms with Crippen molar-refractivity contribution in [3.8, 4) is 0 Å². The lowest BCUT2D eigenvalue weighted by molar-refractivity contribution is 0.731. The fourth-order valence-electron chi connectivity index (χ4n) is 1.49. The van der Waals surface area contributed by atoms with Gasteiger partial charge in [0.1, 0.15) is 6.33 Å². The average Bonchev–Trinajstić information content (AvgIpc) is 2.69. The normalized spacial score (nSPS) is 21.0. The van der Waals surface area contributed by atoms with Crippen molar-refractivity contribution in [2.24, 2.45) is 5.92 Å². The second kappa shape index (κ2) is 5.73. The molecule has 76 valence electrons. The van der Waals surface area contributed by atoms with Gasteiger partial charge >= 0.3 is 0 Å². The molecule has 14 heavy (non-hydrogen) atoms. The smallest absolute Gasteiger partial charge is 0.115 e. The quantitative estimate of drug-likeness (QED) is 0.806. The number of nitrogens with zero attached hydrogens (tertiary/aromatic N) is 2. The maximum atomic E-state index is 3.95. The Labute approximate surface area is 90.1 Å². The van der Waals surface area contributed by atoms with E-state index >= 15 is 0 Å². The average molecular weight is 212 g/mol. The van der Waals surface area contributed by atoms with Crippen LogP contribution in [-0.4, -0.2) is 23.1 Å². The Balaban J connectivity index is 0.000000980. The van der Waals surface area contributed by atoms with Gasteiger partial charge in [-0.25, -0.2) is 9.97 Å². The summed E-state index contributed by atoms with van der Waals surface area (Å²) in [7, 11) is 0. The van der Waals surface area contributed by atoms with Gasteiger partial charge in [-0.15, -0.1) is 12.4 Å². The number of hydrogen-bond acceptors (Lipinski definition) is 3.